The van der Waals surface area contributed by atoms with E-state index in [-0.39, 0.29) is 18.1 Å². The molecule has 1 aliphatic rings. The van der Waals surface area contributed by atoms with Crippen LogP contribution in [0.4, 0.5) is 0 Å². The van der Waals surface area contributed by atoms with Gasteiger partial charge in [0.1, 0.15) is 0 Å². The molecule has 2 atom stereocenters. The summed E-state index contributed by atoms with van der Waals surface area (Å²) in [7, 11) is 0. The standard InChI is InChI=1S/C13H18ClNO3.H2O/c1-10-13(17,11-3-2-4-12(14)9-11)18-8-6-15(10)5-7-16;/h2-4,9-10,16-17H,5-8H2,1H3;1H2/t10-,13-;/m0./s1. The maximum atomic E-state index is 10.7. The molecule has 5 nitrogen and oxygen atoms in total. The van der Waals surface area contributed by atoms with Gasteiger partial charge in [-0.3, -0.25) is 4.90 Å². The van der Waals surface area contributed by atoms with Crippen molar-refractivity contribution in [2.45, 2.75) is 18.8 Å². The summed E-state index contributed by atoms with van der Waals surface area (Å²) in [6.07, 6.45) is 0. The van der Waals surface area contributed by atoms with Gasteiger partial charge in [-0.25, -0.2) is 0 Å². The highest BCUT2D eigenvalue weighted by Crippen LogP contribution is 2.33. The van der Waals surface area contributed by atoms with Gasteiger partial charge in [0.05, 0.1) is 19.3 Å². The van der Waals surface area contributed by atoms with Crippen molar-refractivity contribution in [3.8, 4) is 0 Å². The van der Waals surface area contributed by atoms with E-state index in [1.165, 1.54) is 0 Å². The first-order valence-corrected chi connectivity index (χ1v) is 6.43. The molecule has 1 fully saturated rings. The number of rotatable bonds is 3. The van der Waals surface area contributed by atoms with Gasteiger partial charge in [-0.2, -0.15) is 0 Å². The number of nitrogens with zero attached hydrogens (tertiary/aromatic N) is 1. The fourth-order valence-corrected chi connectivity index (χ4v) is 2.54. The molecule has 1 aliphatic heterocycles. The second-order valence-corrected chi connectivity index (χ2v) is 4.93. The number of halogens is 1. The first-order valence-electron chi connectivity index (χ1n) is 6.05. The van der Waals surface area contributed by atoms with Crippen LogP contribution in [0.15, 0.2) is 24.3 Å². The molecule has 4 N–H and O–H groups in total. The molecule has 2 rings (SSSR count). The fraction of sp³-hybridized carbons (Fsp3) is 0.538. The minimum Gasteiger partial charge on any atom is -0.412 e. The topological polar surface area (TPSA) is 84.4 Å². The molecule has 0 aromatic heterocycles. The number of hydrogen-bond acceptors (Lipinski definition) is 4. The lowest BCUT2D eigenvalue weighted by molar-refractivity contribution is -0.275. The van der Waals surface area contributed by atoms with Crippen LogP contribution in [0.3, 0.4) is 0 Å². The molecule has 0 unspecified atom stereocenters. The van der Waals surface area contributed by atoms with E-state index in [0.29, 0.717) is 30.3 Å². The smallest absolute Gasteiger partial charge is 0.208 e. The summed E-state index contributed by atoms with van der Waals surface area (Å²) in [6, 6.07) is 6.81. The summed E-state index contributed by atoms with van der Waals surface area (Å²) in [5.74, 6) is -1.38. The van der Waals surface area contributed by atoms with Crippen molar-refractivity contribution in [3.05, 3.63) is 34.9 Å². The second kappa shape index (κ2) is 6.65. The number of β-amino-alcohol motifs (C(OH)–C–C–N with tert-alkyl or cyclic N) is 1. The van der Waals surface area contributed by atoms with Crippen LogP contribution in [-0.2, 0) is 10.5 Å². The van der Waals surface area contributed by atoms with E-state index in [1.807, 2.05) is 11.8 Å². The number of morpholine rings is 1. The van der Waals surface area contributed by atoms with Crippen molar-refractivity contribution in [3.63, 3.8) is 0 Å². The Morgan fingerprint density at radius 3 is 2.89 bits per heavy atom. The lowest BCUT2D eigenvalue weighted by Gasteiger charge is -2.45. The van der Waals surface area contributed by atoms with Crippen LogP contribution in [0.2, 0.25) is 5.02 Å². The highest BCUT2D eigenvalue weighted by molar-refractivity contribution is 6.30. The maximum Gasteiger partial charge on any atom is 0.208 e. The van der Waals surface area contributed by atoms with E-state index in [9.17, 15) is 5.11 Å². The van der Waals surface area contributed by atoms with E-state index >= 15 is 0 Å². The van der Waals surface area contributed by atoms with Crippen LogP contribution in [0.1, 0.15) is 12.5 Å². The van der Waals surface area contributed by atoms with E-state index in [4.69, 9.17) is 21.4 Å². The van der Waals surface area contributed by atoms with Crippen LogP contribution in [-0.4, -0.2) is 52.9 Å². The molecular weight excluding hydrogens is 270 g/mol. The third-order valence-corrected chi connectivity index (χ3v) is 3.68. The van der Waals surface area contributed by atoms with E-state index < -0.39 is 5.79 Å². The summed E-state index contributed by atoms with van der Waals surface area (Å²) in [5.41, 5.74) is 0.644. The molecule has 0 aliphatic carbocycles. The van der Waals surface area contributed by atoms with Crippen LogP contribution >= 0.6 is 11.6 Å². The largest absolute Gasteiger partial charge is 0.412 e. The van der Waals surface area contributed by atoms with Crippen molar-refractivity contribution in [1.29, 1.82) is 0 Å². The fourth-order valence-electron chi connectivity index (χ4n) is 2.35. The Morgan fingerprint density at radius 2 is 2.26 bits per heavy atom. The molecular formula is C13H20ClNO4. The van der Waals surface area contributed by atoms with Gasteiger partial charge in [-0.1, -0.05) is 23.7 Å². The molecule has 0 saturated carbocycles. The van der Waals surface area contributed by atoms with Crippen molar-refractivity contribution >= 4 is 11.6 Å². The summed E-state index contributed by atoms with van der Waals surface area (Å²) in [6.45, 7) is 3.59. The van der Waals surface area contributed by atoms with Crippen LogP contribution in [0, 0.1) is 0 Å². The lowest BCUT2D eigenvalue weighted by Crippen LogP contribution is -2.57. The molecule has 1 aromatic carbocycles. The van der Waals surface area contributed by atoms with Crippen LogP contribution in [0.25, 0.3) is 0 Å². The third kappa shape index (κ3) is 3.25. The molecule has 6 heteroatoms. The minimum atomic E-state index is -1.38. The molecule has 19 heavy (non-hydrogen) atoms. The molecule has 0 radical (unpaired) electrons. The molecule has 1 aromatic rings. The molecule has 0 amide bonds. The Balaban J connectivity index is 0.00000180. The summed E-state index contributed by atoms with van der Waals surface area (Å²) >= 11 is 5.95. The Kier molecular flexibility index (Phi) is 5.73. The zero-order valence-electron chi connectivity index (χ0n) is 10.8. The van der Waals surface area contributed by atoms with E-state index in [2.05, 4.69) is 0 Å². The third-order valence-electron chi connectivity index (χ3n) is 3.44. The summed E-state index contributed by atoms with van der Waals surface area (Å²) in [4.78, 5) is 2.00. The Morgan fingerprint density at radius 1 is 1.53 bits per heavy atom. The zero-order chi connectivity index (χ0) is 13.2. The molecule has 1 saturated heterocycles. The number of aliphatic hydroxyl groups excluding tert-OH is 1. The van der Waals surface area contributed by atoms with Gasteiger partial charge in [0.15, 0.2) is 0 Å². The number of aliphatic hydroxyl groups is 2. The van der Waals surface area contributed by atoms with Crippen molar-refractivity contribution in [2.24, 2.45) is 0 Å². The number of ether oxygens (including phenoxy) is 1. The van der Waals surface area contributed by atoms with Gasteiger partial charge < -0.3 is 20.4 Å². The van der Waals surface area contributed by atoms with Crippen molar-refractivity contribution in [1.82, 2.24) is 4.90 Å². The number of benzene rings is 1. The zero-order valence-corrected chi connectivity index (χ0v) is 11.6. The Hall–Kier alpha value is -0.690. The van der Waals surface area contributed by atoms with Gasteiger partial charge in [-0.15, -0.1) is 0 Å². The Labute approximate surface area is 117 Å². The molecule has 0 bridgehead atoms. The highest BCUT2D eigenvalue weighted by Gasteiger charge is 2.43. The average Bonchev–Trinajstić information content (AvgIpc) is 2.35. The second-order valence-electron chi connectivity index (χ2n) is 4.49. The van der Waals surface area contributed by atoms with Crippen LogP contribution < -0.4 is 0 Å². The molecule has 1 heterocycles. The Bertz CT molecular complexity index is 415. The normalized spacial score (nSPS) is 27.9. The minimum absolute atomic E-state index is 0. The summed E-state index contributed by atoms with van der Waals surface area (Å²) in [5, 5.41) is 20.3. The lowest BCUT2D eigenvalue weighted by atomic mass is 9.96. The highest BCUT2D eigenvalue weighted by atomic mass is 35.5. The van der Waals surface area contributed by atoms with Crippen LogP contribution in [0.5, 0.6) is 0 Å². The molecule has 0 spiro atoms. The monoisotopic (exact) mass is 289 g/mol. The predicted octanol–water partition coefficient (Wildman–Crippen LogP) is 0.373. The van der Waals surface area contributed by atoms with Gasteiger partial charge in [0.2, 0.25) is 5.79 Å². The van der Waals surface area contributed by atoms with Crippen molar-refractivity contribution < 1.29 is 20.4 Å². The quantitative estimate of drug-likeness (QED) is 0.842. The number of hydrogen-bond donors (Lipinski definition) is 2. The van der Waals surface area contributed by atoms with Gasteiger partial charge in [0.25, 0.3) is 0 Å². The van der Waals surface area contributed by atoms with E-state index in [1.54, 1.807) is 24.3 Å². The van der Waals surface area contributed by atoms with Gasteiger partial charge >= 0.3 is 0 Å². The van der Waals surface area contributed by atoms with Gasteiger partial charge in [0, 0.05) is 23.7 Å². The van der Waals surface area contributed by atoms with E-state index in [0.717, 1.165) is 0 Å². The first kappa shape index (κ1) is 16.4. The predicted molar refractivity (Wildman–Crippen MR) is 73.0 cm³/mol. The SMILES string of the molecule is C[C@@H]1N(CCO)CCO[C@]1(O)c1cccc(Cl)c1.O. The maximum absolute atomic E-state index is 10.7. The summed E-state index contributed by atoms with van der Waals surface area (Å²) < 4.78 is 5.57. The van der Waals surface area contributed by atoms with Gasteiger partial charge in [-0.05, 0) is 19.1 Å². The molecule has 108 valence electrons. The van der Waals surface area contributed by atoms with Crippen molar-refractivity contribution in [2.75, 3.05) is 26.3 Å². The first-order chi connectivity index (χ1) is 8.58. The average molecular weight is 290 g/mol.